The third kappa shape index (κ3) is 3.89. The van der Waals surface area contributed by atoms with Crippen LogP contribution in [-0.4, -0.2) is 65.1 Å². The van der Waals surface area contributed by atoms with Crippen molar-refractivity contribution in [1.29, 1.82) is 0 Å². The van der Waals surface area contributed by atoms with Crippen LogP contribution in [0.15, 0.2) is 64.8 Å². The Morgan fingerprint density at radius 2 is 1.96 bits per heavy atom. The summed E-state index contributed by atoms with van der Waals surface area (Å²) in [6.45, 7) is 10.4. The molecule has 8 heteroatoms. The Morgan fingerprint density at radius 3 is 2.78 bits per heavy atom. The molecule has 3 aliphatic carbocycles. The highest BCUT2D eigenvalue weighted by Gasteiger charge is 2.91. The summed E-state index contributed by atoms with van der Waals surface area (Å²) in [5.41, 5.74) is 9.56. The van der Waals surface area contributed by atoms with Crippen LogP contribution in [0.25, 0.3) is 0 Å². The van der Waals surface area contributed by atoms with Gasteiger partial charge in [0, 0.05) is 55.2 Å². The molecule has 0 amide bonds. The molecule has 12 aliphatic rings. The number of fused-ring (bicyclic) bond motifs is 2. The number of aliphatic hydroxyl groups excluding tert-OH is 1. The molecular weight excluding hydrogens is 638 g/mol. The maximum Gasteiger partial charge on any atom is 0.339 e. The monoisotopic (exact) mass is 691 g/mol. The Bertz CT molecular complexity index is 1860. The molecule has 8 nitrogen and oxygen atoms in total. The van der Waals surface area contributed by atoms with Crippen molar-refractivity contribution in [1.82, 2.24) is 9.80 Å². The number of allylic oxidation sites excluding steroid dienone is 3. The maximum absolute atomic E-state index is 15.0. The number of piperidine rings is 2. The number of esters is 2. The molecule has 270 valence electrons. The molecule has 9 heterocycles. The molecule has 1 aromatic carbocycles. The van der Waals surface area contributed by atoms with E-state index >= 15 is 0 Å². The first kappa shape index (κ1) is 32.3. The summed E-state index contributed by atoms with van der Waals surface area (Å²) >= 11 is 0. The number of hydrogen-bond donors (Lipinski definition) is 2. The molecule has 4 fully saturated rings. The summed E-state index contributed by atoms with van der Waals surface area (Å²) in [7, 11) is 0. The van der Waals surface area contributed by atoms with Gasteiger partial charge in [-0.05, 0) is 93.7 Å². The summed E-state index contributed by atoms with van der Waals surface area (Å²) in [6.07, 6.45) is 15.4. The Morgan fingerprint density at radius 1 is 1.10 bits per heavy atom. The Kier molecular flexibility index (Phi) is 7.02. The number of ether oxygens (including phenoxy) is 2. The van der Waals surface area contributed by atoms with Crippen LogP contribution in [0.2, 0.25) is 0 Å². The average Bonchev–Trinajstić information content (AvgIpc) is 3.57. The van der Waals surface area contributed by atoms with Crippen LogP contribution in [0.5, 0.6) is 0 Å². The predicted molar refractivity (Wildman–Crippen MR) is 193 cm³/mol. The van der Waals surface area contributed by atoms with Gasteiger partial charge in [0.15, 0.2) is 11.4 Å². The van der Waals surface area contributed by atoms with Gasteiger partial charge in [0.25, 0.3) is 0 Å². The van der Waals surface area contributed by atoms with Gasteiger partial charge in [0.2, 0.25) is 0 Å². The highest BCUT2D eigenvalue weighted by molar-refractivity contribution is 5.99. The largest absolute Gasteiger partial charge is 0.509 e. The minimum absolute atomic E-state index is 0.0636. The van der Waals surface area contributed by atoms with Crippen molar-refractivity contribution < 1.29 is 24.2 Å². The quantitative estimate of drug-likeness (QED) is 0.261. The maximum atomic E-state index is 15.0. The van der Waals surface area contributed by atoms with Crippen LogP contribution in [-0.2, 0) is 26.3 Å². The van der Waals surface area contributed by atoms with Crippen LogP contribution in [0.3, 0.4) is 0 Å². The summed E-state index contributed by atoms with van der Waals surface area (Å²) in [6, 6.07) is 6.56. The lowest BCUT2D eigenvalue weighted by Gasteiger charge is -2.69. The van der Waals surface area contributed by atoms with Crippen LogP contribution < -0.4 is 5.73 Å². The molecule has 11 atom stereocenters. The summed E-state index contributed by atoms with van der Waals surface area (Å²) in [5.74, 6) is 1.49. The van der Waals surface area contributed by atoms with E-state index in [0.29, 0.717) is 67.3 Å². The zero-order valence-electron chi connectivity index (χ0n) is 30.5. The van der Waals surface area contributed by atoms with Crippen molar-refractivity contribution >= 4 is 11.9 Å². The number of aryl methyl sites for hydroxylation is 1. The lowest BCUT2D eigenvalue weighted by molar-refractivity contribution is -0.272. The number of carbonyl (C=O) groups is 2. The van der Waals surface area contributed by atoms with E-state index < -0.39 is 16.4 Å². The van der Waals surface area contributed by atoms with Crippen molar-refractivity contribution in [2.75, 3.05) is 26.2 Å². The number of aliphatic hydroxyl groups is 1. The van der Waals surface area contributed by atoms with Crippen LogP contribution in [0.1, 0.15) is 100 Å². The number of carbonyl (C=O) groups excluding carboxylic acids is 2. The molecule has 0 aromatic heterocycles. The first-order chi connectivity index (χ1) is 24.7. The molecular formula is C43H53N3O5. The fraction of sp³-hybridized carbons (Fsp3) is 0.628. The Labute approximate surface area is 301 Å². The molecule has 1 saturated carbocycles. The molecule has 1 aromatic rings. The lowest BCUT2D eigenvalue weighted by atomic mass is 9.31. The topological polar surface area (TPSA) is 105 Å². The second-order valence-corrected chi connectivity index (χ2v) is 17.7. The van der Waals surface area contributed by atoms with Crippen LogP contribution in [0.4, 0.5) is 0 Å². The average molecular weight is 692 g/mol. The highest BCUT2D eigenvalue weighted by atomic mass is 16.6. The molecule has 0 radical (unpaired) electrons. The summed E-state index contributed by atoms with van der Waals surface area (Å²) in [4.78, 5) is 34.6. The second kappa shape index (κ2) is 11.1. The molecule has 10 bridgehead atoms. The number of benzene rings is 1. The molecule has 11 unspecified atom stereocenters. The van der Waals surface area contributed by atoms with Gasteiger partial charge in [0.05, 0.1) is 17.0 Å². The fourth-order valence-electron chi connectivity index (χ4n) is 13.4. The van der Waals surface area contributed by atoms with Gasteiger partial charge in [0.1, 0.15) is 11.2 Å². The van der Waals surface area contributed by atoms with E-state index in [0.717, 1.165) is 62.9 Å². The Hall–Kier alpha value is -3.36. The SMILES string of the molecule is CCCC1C23C=C4CCC2(C(=C(O)CC(C)N2CC5CC(C2)C2C=CC6=C(C4CC(C)C6)N2C5)OC3=O)C12OC(=O)c1c(CCCN)cccc12. The van der Waals surface area contributed by atoms with E-state index in [2.05, 4.69) is 54.9 Å². The number of nitrogens with two attached hydrogens (primary N) is 1. The highest BCUT2D eigenvalue weighted by Crippen LogP contribution is 2.85. The van der Waals surface area contributed by atoms with Gasteiger partial charge in [-0.2, -0.15) is 0 Å². The first-order valence-electron chi connectivity index (χ1n) is 20.0. The van der Waals surface area contributed by atoms with E-state index in [9.17, 15) is 14.7 Å². The molecule has 51 heavy (non-hydrogen) atoms. The van der Waals surface area contributed by atoms with Crippen molar-refractivity contribution in [3.8, 4) is 0 Å². The van der Waals surface area contributed by atoms with E-state index in [-0.39, 0.29) is 35.6 Å². The van der Waals surface area contributed by atoms with Crippen LogP contribution in [0, 0.1) is 40.4 Å². The third-order valence-corrected chi connectivity index (χ3v) is 15.1. The smallest absolute Gasteiger partial charge is 0.339 e. The van der Waals surface area contributed by atoms with Crippen molar-refractivity contribution in [2.45, 2.75) is 103 Å². The Balaban J connectivity index is 1.23. The van der Waals surface area contributed by atoms with E-state index in [1.54, 1.807) is 0 Å². The number of hydrogen-bond acceptors (Lipinski definition) is 8. The van der Waals surface area contributed by atoms with Crippen molar-refractivity contribution in [3.63, 3.8) is 0 Å². The summed E-state index contributed by atoms with van der Waals surface area (Å²) < 4.78 is 13.4. The van der Waals surface area contributed by atoms with E-state index in [1.165, 1.54) is 23.3 Å². The normalized spacial score (nSPS) is 42.7. The van der Waals surface area contributed by atoms with Crippen LogP contribution >= 0.6 is 0 Å². The molecule has 2 spiro atoms. The molecule has 3 saturated heterocycles. The van der Waals surface area contributed by atoms with Gasteiger partial charge in [-0.1, -0.05) is 62.3 Å². The number of rotatable bonds is 5. The van der Waals surface area contributed by atoms with Gasteiger partial charge in [-0.15, -0.1) is 0 Å². The lowest BCUT2D eigenvalue weighted by Crippen LogP contribution is -2.75. The predicted octanol–water partition coefficient (Wildman–Crippen LogP) is 6.68. The van der Waals surface area contributed by atoms with Crippen molar-refractivity contribution in [3.05, 3.63) is 81.5 Å². The van der Waals surface area contributed by atoms with Gasteiger partial charge >= 0.3 is 11.9 Å². The zero-order chi connectivity index (χ0) is 35.0. The van der Waals surface area contributed by atoms with Gasteiger partial charge in [-0.25, -0.2) is 4.79 Å². The van der Waals surface area contributed by atoms with Gasteiger partial charge < -0.3 is 25.2 Å². The number of nitrogens with zero attached hydrogens (tertiary/aromatic N) is 2. The van der Waals surface area contributed by atoms with E-state index in [4.69, 9.17) is 15.2 Å². The zero-order valence-corrected chi connectivity index (χ0v) is 30.5. The molecule has 3 N–H and O–H groups in total. The fourth-order valence-corrected chi connectivity index (χ4v) is 13.4. The molecule has 13 rings (SSSR count). The third-order valence-electron chi connectivity index (χ3n) is 15.1. The minimum Gasteiger partial charge on any atom is -0.509 e. The first-order valence-corrected chi connectivity index (χ1v) is 20.0. The second-order valence-electron chi connectivity index (χ2n) is 17.7. The standard InChI is InChI=1S/C43H53N3O5/c1-4-7-35-41-20-29-13-14-42(41,43(35)32-10-5-8-27(9-6-15-44)36(32)39(48)51-43)38(50-40(41)49)34(47)18-25(3)45-21-26-19-30(23-45)33-12-11-28-16-24(2)17-31(29)37(28)46(33)22-26/h5,8,10-12,20,24-26,30-31,33,35,47H,4,6-7,9,13-19,21-23,44H2,1-3H3. The summed E-state index contributed by atoms with van der Waals surface area (Å²) in [5, 5.41) is 12.4. The molecule has 9 aliphatic heterocycles. The van der Waals surface area contributed by atoms with Crippen molar-refractivity contribution in [2.24, 2.45) is 46.2 Å². The van der Waals surface area contributed by atoms with E-state index in [1.807, 2.05) is 12.1 Å². The minimum atomic E-state index is -1.10. The van der Waals surface area contributed by atoms with Gasteiger partial charge in [-0.3, -0.25) is 9.69 Å².